The summed E-state index contributed by atoms with van der Waals surface area (Å²) in [6.07, 6.45) is 6.14. The van der Waals surface area contributed by atoms with Crippen LogP contribution in [0.4, 0.5) is 0 Å². The maximum atomic E-state index is 12.9. The monoisotopic (exact) mass is 1060 g/mol. The molecule has 0 aliphatic heterocycles. The third-order valence-electron chi connectivity index (χ3n) is 11.2. The van der Waals surface area contributed by atoms with Gasteiger partial charge < -0.3 is 93.1 Å². The number of aldehydes is 1. The maximum absolute atomic E-state index is 12.9. The van der Waals surface area contributed by atoms with Crippen LogP contribution in [0.3, 0.4) is 0 Å². The molecule has 0 aliphatic carbocycles. The number of aliphatic hydroxyl groups is 4. The summed E-state index contributed by atoms with van der Waals surface area (Å²) in [7, 11) is 1.51. The molecule has 0 bridgehead atoms. The van der Waals surface area contributed by atoms with Crippen LogP contribution in [0.2, 0.25) is 0 Å². The summed E-state index contributed by atoms with van der Waals surface area (Å²) in [4.78, 5) is 134. The molecule has 0 aliphatic rings. The van der Waals surface area contributed by atoms with Crippen LogP contribution >= 0.6 is 0 Å². The number of carboxylic acids is 3. The van der Waals surface area contributed by atoms with Gasteiger partial charge in [0.1, 0.15) is 47.8 Å². The molecular weight excluding hydrogens is 983 g/mol. The maximum Gasteiger partial charge on any atom is 0.335 e. The summed E-state index contributed by atoms with van der Waals surface area (Å²) in [5.41, 5.74) is -1.94. The highest BCUT2D eigenvalue weighted by Gasteiger charge is 2.34. The topological polar surface area (TPSA) is 447 Å². The van der Waals surface area contributed by atoms with Crippen molar-refractivity contribution in [3.63, 3.8) is 0 Å². The fraction of sp³-hybridized carbons (Fsp3) is 0.630. The Labute approximate surface area is 426 Å². The average molecular weight is 1060 g/mol. The van der Waals surface area contributed by atoms with E-state index in [0.29, 0.717) is 38.0 Å². The van der Waals surface area contributed by atoms with Crippen LogP contribution in [0.1, 0.15) is 93.8 Å². The van der Waals surface area contributed by atoms with Crippen molar-refractivity contribution in [3.8, 4) is 5.75 Å². The van der Waals surface area contributed by atoms with E-state index in [4.69, 9.17) is 14.9 Å². The van der Waals surface area contributed by atoms with Crippen molar-refractivity contribution >= 4 is 65.5 Å². The molecule has 16 N–H and O–H groups in total. The molecule has 0 aromatic heterocycles. The smallest absolute Gasteiger partial charge is 0.335 e. The van der Waals surface area contributed by atoms with Crippen molar-refractivity contribution in [2.75, 3.05) is 66.3 Å². The lowest BCUT2D eigenvalue weighted by atomic mass is 10.0. The number of amides is 7. The molecule has 1 aromatic carbocycles. The van der Waals surface area contributed by atoms with Crippen LogP contribution in [-0.4, -0.2) is 203 Å². The van der Waals surface area contributed by atoms with Crippen LogP contribution in [0.25, 0.3) is 0 Å². The number of aliphatic carboxylic acids is 2. The first-order valence-corrected chi connectivity index (χ1v) is 24.0. The molecule has 28 heteroatoms. The zero-order valence-electron chi connectivity index (χ0n) is 41.4. The summed E-state index contributed by atoms with van der Waals surface area (Å²) < 4.78 is 5.62. The fourth-order valence-corrected chi connectivity index (χ4v) is 6.73. The largest absolute Gasteiger partial charge is 0.494 e. The molecule has 74 heavy (non-hydrogen) atoms. The molecule has 1 unspecified atom stereocenters. The summed E-state index contributed by atoms with van der Waals surface area (Å²) >= 11 is 0. The Kier molecular flexibility index (Phi) is 32.6. The van der Waals surface area contributed by atoms with Gasteiger partial charge in [-0.1, -0.05) is 32.1 Å². The van der Waals surface area contributed by atoms with Gasteiger partial charge in [-0.25, -0.2) is 9.59 Å². The zero-order chi connectivity index (χ0) is 55.5. The lowest BCUT2D eigenvalue weighted by molar-refractivity contribution is -0.142. The van der Waals surface area contributed by atoms with E-state index in [1.807, 2.05) is 0 Å². The van der Waals surface area contributed by atoms with Crippen LogP contribution in [0, 0.1) is 0 Å². The molecule has 6 atom stereocenters. The Morgan fingerprint density at radius 2 is 1.11 bits per heavy atom. The molecule has 1 aromatic rings. The van der Waals surface area contributed by atoms with Gasteiger partial charge in [-0.3, -0.25) is 38.4 Å². The minimum absolute atomic E-state index is 0.0433. The van der Waals surface area contributed by atoms with Gasteiger partial charge >= 0.3 is 17.9 Å². The van der Waals surface area contributed by atoms with Crippen molar-refractivity contribution in [2.24, 2.45) is 0 Å². The van der Waals surface area contributed by atoms with Gasteiger partial charge in [-0.15, -0.1) is 0 Å². The number of likely N-dealkylation sites (N-methyl/N-ethyl adjacent to an activating group) is 1. The fourth-order valence-electron chi connectivity index (χ4n) is 6.73. The van der Waals surface area contributed by atoms with Gasteiger partial charge in [0.05, 0.1) is 51.7 Å². The minimum atomic E-state index is -2.11. The van der Waals surface area contributed by atoms with Crippen LogP contribution in [0.5, 0.6) is 5.75 Å². The molecule has 416 valence electrons. The number of nitrogens with one attached hydrogen (secondary N) is 9. The lowest BCUT2D eigenvalue weighted by Crippen LogP contribution is -2.63. The van der Waals surface area contributed by atoms with Gasteiger partial charge in [-0.2, -0.15) is 0 Å². The SMILES string of the molecule is CN[C@@H](CCCCNC(=O)CNC(=O)[C@H](CO)NC[C@@](C=O)(CO)NC(=O)CNC(=O)[C@H](CO)NC(=O)[C@H](CO)NC(=O)CCC(NC(=O)CCCCCCCCCOc1ccc(C(=O)O)cc1)C(=O)O)C(=O)O. The number of aliphatic hydroxyl groups excluding tert-OH is 4. The van der Waals surface area contributed by atoms with Crippen molar-refractivity contribution < 1.29 is 93.2 Å². The average Bonchev–Trinajstić information content (AvgIpc) is 3.38. The Morgan fingerprint density at radius 3 is 1.66 bits per heavy atom. The molecule has 7 amide bonds. The summed E-state index contributed by atoms with van der Waals surface area (Å²) in [6.45, 7) is -5.32. The molecular formula is C46H73N9O19. The second kappa shape index (κ2) is 37.0. The first-order valence-electron chi connectivity index (χ1n) is 24.0. The number of carbonyl (C=O) groups is 11. The molecule has 0 fully saturated rings. The van der Waals surface area contributed by atoms with Gasteiger partial charge in [0.2, 0.25) is 41.4 Å². The van der Waals surface area contributed by atoms with Gasteiger partial charge in [0.25, 0.3) is 0 Å². The number of carboxylic acid groups (broad SMARTS) is 3. The standard InChI is InChI=1S/C46H73N9O19/c1-47-31(44(70)71)11-8-9-19-48-38(63)21-49-40(65)33(23-56)51-26-46(27-59,28-60)55-39(64)22-50-41(66)34(24-57)54-42(67)35(25-58)53-37(62)18-17-32(45(72)73)52-36(61)12-7-5-3-2-4-6-10-20-74-30-15-13-29(14-16-30)43(68)69/h13-16,27,31-35,47,51,56-58,60H,2-12,17-26,28H2,1H3,(H,48,63)(H,49,65)(H,50,66)(H,52,61)(H,53,62)(H,54,67)(H,55,64)(H,68,69)(H,70,71)(H,72,73)/t31-,32?,33-,34-,35-,46+/m0/s1. The van der Waals surface area contributed by atoms with E-state index >= 15 is 0 Å². The lowest BCUT2D eigenvalue weighted by Gasteiger charge is -2.29. The Hall–Kier alpha value is -6.85. The van der Waals surface area contributed by atoms with E-state index in [1.54, 1.807) is 12.1 Å². The highest BCUT2D eigenvalue weighted by atomic mass is 16.5. The van der Waals surface area contributed by atoms with E-state index < -0.39 is 147 Å². The zero-order valence-corrected chi connectivity index (χ0v) is 41.4. The highest BCUT2D eigenvalue weighted by molar-refractivity contribution is 5.94. The minimum Gasteiger partial charge on any atom is -0.494 e. The summed E-state index contributed by atoms with van der Waals surface area (Å²) in [5, 5.41) is 87.8. The normalized spacial score (nSPS) is 13.7. The summed E-state index contributed by atoms with van der Waals surface area (Å²) in [6, 6.07) is -0.956. The first-order chi connectivity index (χ1) is 35.3. The number of benzene rings is 1. The summed E-state index contributed by atoms with van der Waals surface area (Å²) in [5.74, 6) is -9.19. The van der Waals surface area contributed by atoms with Crippen molar-refractivity contribution in [2.45, 2.75) is 119 Å². The Morgan fingerprint density at radius 1 is 0.568 bits per heavy atom. The van der Waals surface area contributed by atoms with E-state index in [0.717, 1.165) is 38.5 Å². The van der Waals surface area contributed by atoms with Crippen molar-refractivity contribution in [1.29, 1.82) is 0 Å². The number of ether oxygens (including phenoxy) is 1. The molecule has 28 nitrogen and oxygen atoms in total. The molecule has 0 saturated carbocycles. The van der Waals surface area contributed by atoms with Gasteiger partial charge in [0.15, 0.2) is 0 Å². The number of unbranched alkanes of at least 4 members (excludes halogenated alkanes) is 7. The number of hydrogen-bond donors (Lipinski definition) is 16. The van der Waals surface area contributed by atoms with E-state index in [1.165, 1.54) is 19.2 Å². The number of carbonyl (C=O) groups excluding carboxylic acids is 8. The highest BCUT2D eigenvalue weighted by Crippen LogP contribution is 2.14. The quantitative estimate of drug-likeness (QED) is 0.0216. The predicted molar refractivity (Wildman–Crippen MR) is 259 cm³/mol. The first kappa shape index (κ1) is 65.2. The van der Waals surface area contributed by atoms with Gasteiger partial charge in [0, 0.05) is 25.9 Å². The number of aromatic carboxylic acids is 1. The van der Waals surface area contributed by atoms with Crippen LogP contribution < -0.4 is 52.6 Å². The second-order valence-corrected chi connectivity index (χ2v) is 17.0. The molecule has 0 radical (unpaired) electrons. The van der Waals surface area contributed by atoms with Gasteiger partial charge in [-0.05, 0) is 69.8 Å². The Bertz CT molecular complexity index is 1980. The second-order valence-electron chi connectivity index (χ2n) is 17.0. The third-order valence-corrected chi connectivity index (χ3v) is 11.2. The molecule has 0 spiro atoms. The third kappa shape index (κ3) is 26.7. The number of hydrogen-bond acceptors (Lipinski definition) is 18. The number of rotatable bonds is 42. The van der Waals surface area contributed by atoms with E-state index in [2.05, 4.69) is 47.9 Å². The molecule has 1 rings (SSSR count). The van der Waals surface area contributed by atoms with Crippen LogP contribution in [-0.2, 0) is 47.9 Å². The predicted octanol–water partition coefficient (Wildman–Crippen LogP) is -4.62. The molecule has 0 heterocycles. The van der Waals surface area contributed by atoms with E-state index in [9.17, 15) is 78.3 Å². The van der Waals surface area contributed by atoms with Crippen molar-refractivity contribution in [3.05, 3.63) is 29.8 Å². The molecule has 0 saturated heterocycles. The van der Waals surface area contributed by atoms with E-state index in [-0.39, 0.29) is 31.2 Å². The Balaban J connectivity index is 2.49. The van der Waals surface area contributed by atoms with Crippen LogP contribution in [0.15, 0.2) is 24.3 Å². The van der Waals surface area contributed by atoms with Crippen molar-refractivity contribution in [1.82, 2.24) is 47.9 Å².